The molecule has 0 bridgehead atoms. The van der Waals surface area contributed by atoms with Gasteiger partial charge in [-0.05, 0) is 63.4 Å². The lowest BCUT2D eigenvalue weighted by molar-refractivity contribution is 0.0579. The summed E-state index contributed by atoms with van der Waals surface area (Å²) >= 11 is 0. The van der Waals surface area contributed by atoms with E-state index in [1.807, 2.05) is 49.5 Å². The van der Waals surface area contributed by atoms with E-state index in [1.165, 1.54) is 0 Å². The summed E-state index contributed by atoms with van der Waals surface area (Å²) in [4.78, 5) is 20.6. The number of nitrogen functional groups attached to an aromatic ring is 1. The molecule has 2 unspecified atom stereocenters. The van der Waals surface area contributed by atoms with Gasteiger partial charge in [0.15, 0.2) is 0 Å². The highest BCUT2D eigenvalue weighted by Crippen LogP contribution is 2.41. The van der Waals surface area contributed by atoms with Gasteiger partial charge in [0.05, 0.1) is 36.0 Å². The molecule has 1 aromatic carbocycles. The molecule has 0 radical (unpaired) electrons. The summed E-state index contributed by atoms with van der Waals surface area (Å²) in [6.45, 7) is 6.61. The van der Waals surface area contributed by atoms with Crippen molar-refractivity contribution in [2.45, 2.75) is 64.8 Å². The molecule has 4 heterocycles. The van der Waals surface area contributed by atoms with Crippen LogP contribution in [0.4, 0.5) is 5.82 Å². The second-order valence-electron chi connectivity index (χ2n) is 10.2. The minimum absolute atomic E-state index is 0.00594. The van der Waals surface area contributed by atoms with E-state index in [0.717, 1.165) is 63.9 Å². The number of rotatable bonds is 4. The van der Waals surface area contributed by atoms with Crippen molar-refractivity contribution in [3.05, 3.63) is 64.7 Å². The maximum atomic E-state index is 14.1. The third kappa shape index (κ3) is 3.59. The Bertz CT molecular complexity index is 1480. The summed E-state index contributed by atoms with van der Waals surface area (Å²) in [6.07, 6.45) is 6.40. The van der Waals surface area contributed by atoms with E-state index in [9.17, 15) is 4.79 Å². The lowest BCUT2D eigenvalue weighted by Crippen LogP contribution is -2.41. The van der Waals surface area contributed by atoms with Crippen LogP contribution in [0.1, 0.15) is 78.6 Å². The third-order valence-electron chi connectivity index (χ3n) is 7.49. The number of nitrogens with zero attached hydrogens (tertiary/aromatic N) is 4. The standard InChI is InChI=1S/C28H31N5O3/c1-15(2)33(23-6-5-7-24-20(23)11-25(36-24)18-12-30-32(4)13-18)28(34)17-8-9-22-19(10-17)21-14-35-16(3)26(21)27(29)31-22/h8-13,15-16,23H,5-7,14H2,1-4H3,(H2,29,31). The largest absolute Gasteiger partial charge is 0.461 e. The first-order valence-electron chi connectivity index (χ1n) is 12.6. The average Bonchev–Trinajstić information content (AvgIpc) is 3.57. The minimum atomic E-state index is -0.0980. The van der Waals surface area contributed by atoms with Crippen LogP contribution < -0.4 is 5.73 Å². The van der Waals surface area contributed by atoms with Crippen molar-refractivity contribution in [3.8, 4) is 11.3 Å². The average molecular weight is 486 g/mol. The molecule has 0 saturated heterocycles. The number of aryl methyl sites for hydroxylation is 2. The van der Waals surface area contributed by atoms with Crippen molar-refractivity contribution >= 4 is 22.6 Å². The third-order valence-corrected chi connectivity index (χ3v) is 7.49. The second kappa shape index (κ2) is 8.48. The smallest absolute Gasteiger partial charge is 0.254 e. The monoisotopic (exact) mass is 485 g/mol. The van der Waals surface area contributed by atoms with Crippen LogP contribution in [-0.4, -0.2) is 31.6 Å². The van der Waals surface area contributed by atoms with E-state index in [2.05, 4.69) is 30.0 Å². The highest BCUT2D eigenvalue weighted by Gasteiger charge is 2.35. The van der Waals surface area contributed by atoms with Gasteiger partial charge in [0.2, 0.25) is 0 Å². The molecule has 1 aliphatic heterocycles. The normalized spacial score (nSPS) is 19.0. The molecule has 2 aliphatic rings. The first kappa shape index (κ1) is 22.8. The minimum Gasteiger partial charge on any atom is -0.461 e. The number of benzene rings is 1. The van der Waals surface area contributed by atoms with Gasteiger partial charge in [-0.25, -0.2) is 4.98 Å². The summed E-state index contributed by atoms with van der Waals surface area (Å²) in [7, 11) is 1.89. The van der Waals surface area contributed by atoms with Crippen LogP contribution in [0.2, 0.25) is 0 Å². The zero-order chi connectivity index (χ0) is 25.1. The van der Waals surface area contributed by atoms with Crippen LogP contribution in [0.3, 0.4) is 0 Å². The molecule has 8 nitrogen and oxygen atoms in total. The Morgan fingerprint density at radius 3 is 2.86 bits per heavy atom. The van der Waals surface area contributed by atoms with E-state index in [0.29, 0.717) is 18.0 Å². The van der Waals surface area contributed by atoms with Crippen LogP contribution in [0.15, 0.2) is 41.1 Å². The van der Waals surface area contributed by atoms with E-state index in [-0.39, 0.29) is 24.1 Å². The first-order chi connectivity index (χ1) is 17.3. The van der Waals surface area contributed by atoms with Crippen molar-refractivity contribution < 1.29 is 13.9 Å². The lowest BCUT2D eigenvalue weighted by atomic mass is 9.90. The number of fused-ring (bicyclic) bond motifs is 4. The second-order valence-corrected chi connectivity index (χ2v) is 10.2. The van der Waals surface area contributed by atoms with Gasteiger partial charge in [0.25, 0.3) is 5.91 Å². The van der Waals surface area contributed by atoms with Crippen LogP contribution in [0.5, 0.6) is 0 Å². The fourth-order valence-electron chi connectivity index (χ4n) is 5.80. The number of aromatic nitrogens is 3. The van der Waals surface area contributed by atoms with Gasteiger partial charge in [-0.2, -0.15) is 5.10 Å². The van der Waals surface area contributed by atoms with Gasteiger partial charge in [0, 0.05) is 47.8 Å². The van der Waals surface area contributed by atoms with Gasteiger partial charge in [-0.3, -0.25) is 9.48 Å². The zero-order valence-corrected chi connectivity index (χ0v) is 21.1. The van der Waals surface area contributed by atoms with E-state index in [4.69, 9.17) is 14.9 Å². The van der Waals surface area contributed by atoms with Crippen LogP contribution >= 0.6 is 0 Å². The number of nitrogens with two attached hydrogens (primary N) is 1. The molecular weight excluding hydrogens is 454 g/mol. The van der Waals surface area contributed by atoms with Crippen LogP contribution in [-0.2, 0) is 24.8 Å². The molecule has 6 rings (SSSR count). The number of pyridine rings is 1. The molecule has 4 aromatic rings. The summed E-state index contributed by atoms with van der Waals surface area (Å²) in [5.74, 6) is 2.27. The predicted molar refractivity (Wildman–Crippen MR) is 137 cm³/mol. The number of hydrogen-bond donors (Lipinski definition) is 1. The molecule has 2 atom stereocenters. The Morgan fingerprint density at radius 1 is 1.28 bits per heavy atom. The quantitative estimate of drug-likeness (QED) is 0.419. The van der Waals surface area contributed by atoms with Crippen LogP contribution in [0, 0.1) is 0 Å². The van der Waals surface area contributed by atoms with Crippen molar-refractivity contribution in [1.82, 2.24) is 19.7 Å². The highest BCUT2D eigenvalue weighted by atomic mass is 16.5. The summed E-state index contributed by atoms with van der Waals surface area (Å²) < 4.78 is 13.9. The van der Waals surface area contributed by atoms with Crippen molar-refractivity contribution in [2.24, 2.45) is 7.05 Å². The summed E-state index contributed by atoms with van der Waals surface area (Å²) in [5, 5.41) is 5.21. The van der Waals surface area contributed by atoms with Gasteiger partial charge >= 0.3 is 0 Å². The predicted octanol–water partition coefficient (Wildman–Crippen LogP) is 5.33. The number of anilines is 1. The molecule has 8 heteroatoms. The number of hydrogen-bond acceptors (Lipinski definition) is 6. The van der Waals surface area contributed by atoms with E-state index in [1.54, 1.807) is 4.68 Å². The van der Waals surface area contributed by atoms with Crippen LogP contribution in [0.25, 0.3) is 22.2 Å². The molecule has 36 heavy (non-hydrogen) atoms. The first-order valence-corrected chi connectivity index (χ1v) is 12.6. The summed E-state index contributed by atoms with van der Waals surface area (Å²) in [6, 6.07) is 7.77. The van der Waals surface area contributed by atoms with Gasteiger partial charge < -0.3 is 19.8 Å². The molecule has 0 saturated carbocycles. The van der Waals surface area contributed by atoms with Crippen molar-refractivity contribution in [2.75, 3.05) is 5.73 Å². The van der Waals surface area contributed by atoms with Crippen molar-refractivity contribution in [1.29, 1.82) is 0 Å². The Morgan fingerprint density at radius 2 is 2.11 bits per heavy atom. The number of amides is 1. The maximum absolute atomic E-state index is 14.1. The Hall–Kier alpha value is -3.65. The molecular formula is C28H31N5O3. The van der Waals surface area contributed by atoms with E-state index >= 15 is 0 Å². The molecule has 2 N–H and O–H groups in total. The van der Waals surface area contributed by atoms with Gasteiger partial charge in [-0.15, -0.1) is 0 Å². The molecule has 3 aromatic heterocycles. The molecule has 1 aliphatic carbocycles. The van der Waals surface area contributed by atoms with Crippen molar-refractivity contribution in [3.63, 3.8) is 0 Å². The maximum Gasteiger partial charge on any atom is 0.254 e. The topological polar surface area (TPSA) is 99.4 Å². The van der Waals surface area contributed by atoms with Gasteiger partial charge in [-0.1, -0.05) is 0 Å². The Balaban J connectivity index is 1.39. The number of furan rings is 1. The molecule has 1 amide bonds. The Labute approximate surface area is 210 Å². The number of ether oxygens (including phenoxy) is 1. The fourth-order valence-corrected chi connectivity index (χ4v) is 5.80. The van der Waals surface area contributed by atoms with Gasteiger partial charge in [0.1, 0.15) is 17.3 Å². The number of carbonyl (C=O) groups is 1. The molecule has 0 spiro atoms. The lowest BCUT2D eigenvalue weighted by Gasteiger charge is -2.37. The SMILES string of the molecule is CC1OCc2c1c(N)nc1ccc(C(=O)N(C(C)C)C3CCCc4oc(-c5cnn(C)c5)cc43)cc21. The Kier molecular flexibility index (Phi) is 5.37. The summed E-state index contributed by atoms with van der Waals surface area (Å²) in [5.41, 5.74) is 11.7. The number of carbonyl (C=O) groups excluding carboxylic acids is 1. The zero-order valence-electron chi connectivity index (χ0n) is 21.1. The fraction of sp³-hybridized carbons (Fsp3) is 0.393. The highest BCUT2D eigenvalue weighted by molar-refractivity contribution is 5.99. The van der Waals surface area contributed by atoms with E-state index < -0.39 is 0 Å². The molecule has 0 fully saturated rings. The molecule has 186 valence electrons.